The number of rotatable bonds is 7. The van der Waals surface area contributed by atoms with Crippen molar-refractivity contribution < 1.29 is 9.13 Å². The van der Waals surface area contributed by atoms with Crippen molar-refractivity contribution in [1.29, 1.82) is 0 Å². The van der Waals surface area contributed by atoms with E-state index < -0.39 is 0 Å². The molecule has 0 radical (unpaired) electrons. The molecule has 1 aromatic rings. The highest BCUT2D eigenvalue weighted by Gasteiger charge is 2.19. The van der Waals surface area contributed by atoms with Gasteiger partial charge in [0.2, 0.25) is 0 Å². The lowest BCUT2D eigenvalue weighted by atomic mass is 9.95. The average Bonchev–Trinajstić information content (AvgIpc) is 2.31. The van der Waals surface area contributed by atoms with Crippen molar-refractivity contribution in [1.82, 2.24) is 5.32 Å². The van der Waals surface area contributed by atoms with E-state index >= 15 is 0 Å². The average molecular weight is 318 g/mol. The van der Waals surface area contributed by atoms with Crippen LogP contribution in [-0.4, -0.2) is 19.7 Å². The minimum absolute atomic E-state index is 0.0239. The zero-order valence-corrected chi connectivity index (χ0v) is 12.8. The lowest BCUT2D eigenvalue weighted by Crippen LogP contribution is -2.34. The third-order valence-corrected chi connectivity index (χ3v) is 3.04. The molecular weight excluding hydrogens is 297 g/mol. The summed E-state index contributed by atoms with van der Waals surface area (Å²) in [6.45, 7) is 8.67. The predicted molar refractivity (Wildman–Crippen MR) is 76.5 cm³/mol. The summed E-state index contributed by atoms with van der Waals surface area (Å²) in [6, 6.07) is 4.72. The molecule has 4 heteroatoms. The molecule has 2 nitrogen and oxygen atoms in total. The van der Waals surface area contributed by atoms with Crippen molar-refractivity contribution >= 4 is 15.9 Å². The zero-order valence-electron chi connectivity index (χ0n) is 11.2. The van der Waals surface area contributed by atoms with Crippen LogP contribution in [0.25, 0.3) is 0 Å². The molecule has 0 heterocycles. The van der Waals surface area contributed by atoms with E-state index in [9.17, 15) is 4.39 Å². The van der Waals surface area contributed by atoms with E-state index in [1.807, 2.05) is 0 Å². The van der Waals surface area contributed by atoms with Crippen molar-refractivity contribution in [2.75, 3.05) is 19.7 Å². The summed E-state index contributed by atoms with van der Waals surface area (Å²) in [4.78, 5) is 0. The summed E-state index contributed by atoms with van der Waals surface area (Å²) in [6.07, 6.45) is 1.11. The Balaban J connectivity index is 2.50. The molecule has 0 aliphatic rings. The second-order valence-electron chi connectivity index (χ2n) is 5.20. The lowest BCUT2D eigenvalue weighted by molar-refractivity contribution is 0.171. The van der Waals surface area contributed by atoms with Gasteiger partial charge in [0.1, 0.15) is 0 Å². The van der Waals surface area contributed by atoms with Crippen molar-refractivity contribution in [3.05, 3.63) is 28.5 Å². The van der Waals surface area contributed by atoms with Gasteiger partial charge in [0.05, 0.1) is 6.61 Å². The van der Waals surface area contributed by atoms with Gasteiger partial charge in [-0.25, -0.2) is 4.39 Å². The third-order valence-electron chi connectivity index (χ3n) is 2.54. The Morgan fingerprint density at radius 2 is 2.11 bits per heavy atom. The summed E-state index contributed by atoms with van der Waals surface area (Å²) in [5, 5.41) is 3.35. The van der Waals surface area contributed by atoms with E-state index in [4.69, 9.17) is 4.74 Å². The van der Waals surface area contributed by atoms with Crippen LogP contribution < -0.4 is 10.1 Å². The van der Waals surface area contributed by atoms with E-state index in [0.29, 0.717) is 12.4 Å². The molecule has 0 spiro atoms. The normalized spacial score (nSPS) is 11.6. The number of benzene rings is 1. The molecule has 0 bridgehead atoms. The zero-order chi connectivity index (χ0) is 13.6. The first-order valence-corrected chi connectivity index (χ1v) is 7.02. The van der Waals surface area contributed by atoms with Gasteiger partial charge in [0.25, 0.3) is 0 Å². The molecule has 0 fully saturated rings. The number of halogens is 2. The van der Waals surface area contributed by atoms with Crippen molar-refractivity contribution in [3.8, 4) is 5.75 Å². The van der Waals surface area contributed by atoms with E-state index in [0.717, 1.165) is 24.0 Å². The standard InChI is InChI=1S/C14H21BrFNO/c1-4-7-17-9-14(2,3)10-18-13-8-11(15)5-6-12(13)16/h5-6,8,17H,4,7,9-10H2,1-3H3. The molecule has 1 N–H and O–H groups in total. The van der Waals surface area contributed by atoms with Gasteiger partial charge in [0, 0.05) is 16.4 Å². The van der Waals surface area contributed by atoms with Gasteiger partial charge in [-0.15, -0.1) is 0 Å². The summed E-state index contributed by atoms with van der Waals surface area (Å²) in [5.41, 5.74) is -0.0239. The maximum absolute atomic E-state index is 13.5. The first-order valence-electron chi connectivity index (χ1n) is 6.23. The molecule has 0 saturated heterocycles. The molecule has 18 heavy (non-hydrogen) atoms. The van der Waals surface area contributed by atoms with Crippen LogP contribution in [0.3, 0.4) is 0 Å². The number of hydrogen-bond donors (Lipinski definition) is 1. The quantitative estimate of drug-likeness (QED) is 0.768. The fourth-order valence-electron chi connectivity index (χ4n) is 1.52. The first kappa shape index (κ1) is 15.4. The van der Waals surface area contributed by atoms with Crippen LogP contribution in [0.4, 0.5) is 4.39 Å². The van der Waals surface area contributed by atoms with Crippen LogP contribution >= 0.6 is 15.9 Å². The maximum atomic E-state index is 13.5. The molecule has 0 aromatic heterocycles. The van der Waals surface area contributed by atoms with Crippen LogP contribution in [0, 0.1) is 11.2 Å². The SMILES string of the molecule is CCCNCC(C)(C)COc1cc(Br)ccc1F. The van der Waals surface area contributed by atoms with Gasteiger partial charge in [0.15, 0.2) is 11.6 Å². The van der Waals surface area contributed by atoms with Crippen LogP contribution in [0.5, 0.6) is 5.75 Å². The van der Waals surface area contributed by atoms with Gasteiger partial charge in [-0.3, -0.25) is 0 Å². The largest absolute Gasteiger partial charge is 0.490 e. The summed E-state index contributed by atoms with van der Waals surface area (Å²) in [7, 11) is 0. The fourth-order valence-corrected chi connectivity index (χ4v) is 1.86. The van der Waals surface area contributed by atoms with E-state index in [2.05, 4.69) is 42.0 Å². The van der Waals surface area contributed by atoms with E-state index in [1.54, 1.807) is 12.1 Å². The molecule has 102 valence electrons. The molecule has 0 unspecified atom stereocenters. The molecule has 1 aromatic carbocycles. The molecule has 0 aliphatic carbocycles. The topological polar surface area (TPSA) is 21.3 Å². The second kappa shape index (κ2) is 7.10. The van der Waals surface area contributed by atoms with Crippen molar-refractivity contribution in [2.45, 2.75) is 27.2 Å². The Morgan fingerprint density at radius 3 is 2.78 bits per heavy atom. The molecule has 0 amide bonds. The summed E-state index contributed by atoms with van der Waals surface area (Å²) < 4.78 is 19.9. The molecule has 0 saturated carbocycles. The summed E-state index contributed by atoms with van der Waals surface area (Å²) in [5.74, 6) is -0.0246. The molecule has 0 aliphatic heterocycles. The number of ether oxygens (including phenoxy) is 1. The van der Waals surface area contributed by atoms with Gasteiger partial charge in [-0.1, -0.05) is 36.7 Å². The van der Waals surface area contributed by atoms with E-state index in [-0.39, 0.29) is 11.2 Å². The Morgan fingerprint density at radius 1 is 1.39 bits per heavy atom. The second-order valence-corrected chi connectivity index (χ2v) is 6.12. The minimum atomic E-state index is -0.324. The molecule has 1 rings (SSSR count). The number of hydrogen-bond acceptors (Lipinski definition) is 2. The molecular formula is C14H21BrFNO. The van der Waals surface area contributed by atoms with Crippen LogP contribution in [-0.2, 0) is 0 Å². The van der Waals surface area contributed by atoms with Gasteiger partial charge in [-0.05, 0) is 31.2 Å². The Bertz CT molecular complexity index is 382. The Kier molecular flexibility index (Phi) is 6.09. The highest BCUT2D eigenvalue weighted by Crippen LogP contribution is 2.24. The minimum Gasteiger partial charge on any atom is -0.490 e. The van der Waals surface area contributed by atoms with Gasteiger partial charge in [-0.2, -0.15) is 0 Å². The van der Waals surface area contributed by atoms with Gasteiger partial charge < -0.3 is 10.1 Å². The third kappa shape index (κ3) is 5.36. The Labute approximate surface area is 117 Å². The highest BCUT2D eigenvalue weighted by molar-refractivity contribution is 9.10. The van der Waals surface area contributed by atoms with Crippen LogP contribution in [0.1, 0.15) is 27.2 Å². The van der Waals surface area contributed by atoms with Crippen LogP contribution in [0.15, 0.2) is 22.7 Å². The molecule has 0 atom stereocenters. The summed E-state index contributed by atoms with van der Waals surface area (Å²) >= 11 is 3.31. The fraction of sp³-hybridized carbons (Fsp3) is 0.571. The van der Waals surface area contributed by atoms with Crippen molar-refractivity contribution in [3.63, 3.8) is 0 Å². The number of nitrogens with one attached hydrogen (secondary N) is 1. The maximum Gasteiger partial charge on any atom is 0.165 e. The monoisotopic (exact) mass is 317 g/mol. The predicted octanol–water partition coefficient (Wildman–Crippen LogP) is 3.99. The lowest BCUT2D eigenvalue weighted by Gasteiger charge is -2.25. The van der Waals surface area contributed by atoms with Crippen molar-refractivity contribution in [2.24, 2.45) is 5.41 Å². The first-order chi connectivity index (χ1) is 8.44. The highest BCUT2D eigenvalue weighted by atomic mass is 79.9. The van der Waals surface area contributed by atoms with E-state index in [1.165, 1.54) is 6.07 Å². The Hall–Kier alpha value is -0.610. The van der Waals surface area contributed by atoms with Crippen LogP contribution in [0.2, 0.25) is 0 Å². The smallest absolute Gasteiger partial charge is 0.165 e. The van der Waals surface area contributed by atoms with Gasteiger partial charge >= 0.3 is 0 Å².